The summed E-state index contributed by atoms with van der Waals surface area (Å²) < 4.78 is 29.7. The number of aliphatic hydroxyl groups is 1. The molecule has 3 aliphatic rings. The van der Waals surface area contributed by atoms with Gasteiger partial charge >= 0.3 is 0 Å². The van der Waals surface area contributed by atoms with Crippen molar-refractivity contribution in [3.8, 4) is 11.6 Å². The van der Waals surface area contributed by atoms with Crippen LogP contribution in [0.3, 0.4) is 0 Å². The van der Waals surface area contributed by atoms with E-state index in [4.69, 9.17) is 15.2 Å². The molecule has 47 heavy (non-hydrogen) atoms. The van der Waals surface area contributed by atoms with E-state index in [0.29, 0.717) is 85.2 Å². The Hall–Kier alpha value is -4.42. The van der Waals surface area contributed by atoms with Gasteiger partial charge in [-0.1, -0.05) is 0 Å². The van der Waals surface area contributed by atoms with E-state index in [1.165, 1.54) is 6.07 Å². The molecule has 3 aromatic heterocycles. The number of nitrogens with zero attached hydrogens (tertiary/aromatic N) is 6. The summed E-state index contributed by atoms with van der Waals surface area (Å²) in [5.74, 6) is 0.961. The number of halogens is 1. The Morgan fingerprint density at radius 3 is 2.70 bits per heavy atom. The van der Waals surface area contributed by atoms with Gasteiger partial charge in [-0.15, -0.1) is 0 Å². The summed E-state index contributed by atoms with van der Waals surface area (Å²) in [5, 5.41) is 10.4. The van der Waals surface area contributed by atoms with Gasteiger partial charge in [0.25, 0.3) is 0 Å². The van der Waals surface area contributed by atoms with Gasteiger partial charge in [-0.05, 0) is 62.4 Å². The van der Waals surface area contributed by atoms with Crippen LogP contribution < -0.4 is 30.4 Å². The fourth-order valence-electron chi connectivity index (χ4n) is 7.26. The third kappa shape index (κ3) is 6.19. The topological polar surface area (TPSA) is 122 Å². The van der Waals surface area contributed by atoms with E-state index < -0.39 is 5.82 Å². The monoisotopic (exact) mass is 643 g/mol. The number of benzene rings is 1. The van der Waals surface area contributed by atoms with Crippen LogP contribution >= 0.6 is 0 Å². The zero-order valence-corrected chi connectivity index (χ0v) is 26.9. The lowest BCUT2D eigenvalue weighted by atomic mass is 10.0. The predicted octanol–water partition coefficient (Wildman–Crippen LogP) is 4.11. The molecule has 0 amide bonds. The molecule has 2 atom stereocenters. The van der Waals surface area contributed by atoms with Crippen molar-refractivity contribution < 1.29 is 19.0 Å². The van der Waals surface area contributed by atoms with Crippen molar-refractivity contribution in [3.05, 3.63) is 76.1 Å². The highest BCUT2D eigenvalue weighted by Gasteiger charge is 2.32. The summed E-state index contributed by atoms with van der Waals surface area (Å²) in [6, 6.07) is 9.18. The van der Waals surface area contributed by atoms with Crippen molar-refractivity contribution in [2.75, 3.05) is 55.4 Å². The van der Waals surface area contributed by atoms with Crippen LogP contribution in [0.5, 0.6) is 11.6 Å². The lowest BCUT2D eigenvalue weighted by Crippen LogP contribution is -2.48. The maximum Gasteiger partial charge on any atom is 0.213 e. The second-order valence-electron chi connectivity index (χ2n) is 13.0. The van der Waals surface area contributed by atoms with Gasteiger partial charge in [0.15, 0.2) is 17.0 Å². The predicted molar refractivity (Wildman–Crippen MR) is 180 cm³/mol. The zero-order valence-electron chi connectivity index (χ0n) is 26.9. The number of hydrogen-bond donors (Lipinski definition) is 2. The van der Waals surface area contributed by atoms with Crippen LogP contribution in [0.2, 0.25) is 0 Å². The van der Waals surface area contributed by atoms with Gasteiger partial charge in [-0.2, -0.15) is 0 Å². The second-order valence-corrected chi connectivity index (χ2v) is 13.0. The average Bonchev–Trinajstić information content (AvgIpc) is 3.08. The van der Waals surface area contributed by atoms with Crippen molar-refractivity contribution in [2.45, 2.75) is 63.9 Å². The second kappa shape index (κ2) is 13.0. The molecule has 4 aromatic rings. The van der Waals surface area contributed by atoms with Crippen LogP contribution in [-0.2, 0) is 13.1 Å². The van der Waals surface area contributed by atoms with Gasteiger partial charge < -0.3 is 34.7 Å². The number of aliphatic hydroxyl groups excluding tert-OH is 1. The molecular weight excluding hydrogens is 601 g/mol. The molecule has 0 radical (unpaired) electrons. The normalized spacial score (nSPS) is 20.1. The Labute approximate surface area is 273 Å². The molecule has 12 heteroatoms. The van der Waals surface area contributed by atoms with E-state index in [1.54, 1.807) is 13.3 Å². The van der Waals surface area contributed by atoms with Gasteiger partial charge in [0.05, 0.1) is 42.0 Å². The number of ether oxygens (including phenoxy) is 2. The summed E-state index contributed by atoms with van der Waals surface area (Å²) in [4.78, 5) is 29.5. The number of rotatable bonds is 8. The number of nitrogen functional groups attached to an aromatic ring is 1. The number of aromatic nitrogens is 3. The fraction of sp³-hybridized carbons (Fsp3) is 0.457. The minimum atomic E-state index is -0.472. The van der Waals surface area contributed by atoms with Crippen molar-refractivity contribution in [1.29, 1.82) is 0 Å². The number of anilines is 3. The fourth-order valence-corrected chi connectivity index (χ4v) is 7.26. The Bertz CT molecular complexity index is 1810. The third-order valence-corrected chi connectivity index (χ3v) is 9.81. The van der Waals surface area contributed by atoms with E-state index in [1.807, 2.05) is 41.6 Å². The zero-order chi connectivity index (χ0) is 32.7. The van der Waals surface area contributed by atoms with Crippen LogP contribution in [-0.4, -0.2) is 76.6 Å². The smallest absolute Gasteiger partial charge is 0.213 e. The van der Waals surface area contributed by atoms with Gasteiger partial charge in [0, 0.05) is 69.3 Å². The molecule has 3 aliphatic heterocycles. The molecule has 0 saturated carbocycles. The van der Waals surface area contributed by atoms with E-state index in [2.05, 4.69) is 31.3 Å². The van der Waals surface area contributed by atoms with Crippen molar-refractivity contribution in [1.82, 2.24) is 19.4 Å². The number of methoxy groups -OCH3 is 1. The van der Waals surface area contributed by atoms with Gasteiger partial charge in [0.1, 0.15) is 18.1 Å². The van der Waals surface area contributed by atoms with Gasteiger partial charge in [-0.25, -0.2) is 14.4 Å². The van der Waals surface area contributed by atoms with Gasteiger partial charge in [0.2, 0.25) is 5.88 Å². The standard InChI is InChI=1S/C35H42FN7O4/c1-22-21-47-35-32-28(15-29(36)33(35)40-12-8-27(44)9-13-40)34(45)24(19-43(22)32)18-42(17-23-7-10-38-31(14-23)46-2)26-4-3-11-41(20-26)25-5-6-30(37)39-16-25/h5-7,10,14-16,19,22,26-27,44H,3-4,8-9,11-13,17-18,20-21H2,1-2H3,(H2,37,39)/t22?,26-/m0/s1. The number of piperidine rings is 2. The lowest BCUT2D eigenvalue weighted by molar-refractivity contribution is 0.145. The summed E-state index contributed by atoms with van der Waals surface area (Å²) in [7, 11) is 1.60. The summed E-state index contributed by atoms with van der Waals surface area (Å²) >= 11 is 0. The summed E-state index contributed by atoms with van der Waals surface area (Å²) in [5.41, 5.74) is 9.33. The average molecular weight is 644 g/mol. The molecule has 0 spiro atoms. The van der Waals surface area contributed by atoms with Crippen molar-refractivity contribution >= 4 is 28.1 Å². The molecule has 2 fully saturated rings. The quantitative estimate of drug-likeness (QED) is 0.290. The van der Waals surface area contributed by atoms with Crippen LogP contribution in [0.4, 0.5) is 21.6 Å². The molecule has 0 aliphatic carbocycles. The Balaban J connectivity index is 1.27. The SMILES string of the molecule is COc1cc(CN(Cc2cn3c4c(c(N5CCC(O)CC5)c(F)cc4c2=O)OCC3C)[C@H]2CCCN(c3ccc(N)nc3)C2)ccn1. The van der Waals surface area contributed by atoms with Crippen LogP contribution in [0, 0.1) is 5.82 Å². The molecule has 6 heterocycles. The molecule has 7 rings (SSSR count). The van der Waals surface area contributed by atoms with Gasteiger partial charge in [-0.3, -0.25) is 9.69 Å². The van der Waals surface area contributed by atoms with E-state index in [-0.39, 0.29) is 23.6 Å². The van der Waals surface area contributed by atoms with Crippen LogP contribution in [0.1, 0.15) is 49.8 Å². The molecular formula is C35H42FN7O4. The Kier molecular flexibility index (Phi) is 8.63. The Morgan fingerprint density at radius 1 is 1.11 bits per heavy atom. The van der Waals surface area contributed by atoms with Crippen LogP contribution in [0.25, 0.3) is 10.9 Å². The third-order valence-electron chi connectivity index (χ3n) is 9.81. The van der Waals surface area contributed by atoms with E-state index >= 15 is 4.39 Å². The first-order valence-corrected chi connectivity index (χ1v) is 16.4. The molecule has 248 valence electrons. The largest absolute Gasteiger partial charge is 0.487 e. The summed E-state index contributed by atoms with van der Waals surface area (Å²) in [6.07, 6.45) is 8.17. The van der Waals surface area contributed by atoms with Crippen molar-refractivity contribution in [3.63, 3.8) is 0 Å². The highest BCUT2D eigenvalue weighted by Crippen LogP contribution is 2.42. The molecule has 2 saturated heterocycles. The Morgan fingerprint density at radius 2 is 1.94 bits per heavy atom. The van der Waals surface area contributed by atoms with E-state index in [9.17, 15) is 9.90 Å². The molecule has 11 nitrogen and oxygen atoms in total. The molecule has 3 N–H and O–H groups in total. The van der Waals surface area contributed by atoms with E-state index in [0.717, 1.165) is 37.2 Å². The highest BCUT2D eigenvalue weighted by atomic mass is 19.1. The first-order valence-electron chi connectivity index (χ1n) is 16.4. The van der Waals surface area contributed by atoms with Crippen molar-refractivity contribution in [2.24, 2.45) is 0 Å². The minimum absolute atomic E-state index is 0.0491. The number of hydrogen-bond acceptors (Lipinski definition) is 10. The minimum Gasteiger partial charge on any atom is -0.487 e. The summed E-state index contributed by atoms with van der Waals surface area (Å²) in [6.45, 7) is 6.09. The highest BCUT2D eigenvalue weighted by molar-refractivity contribution is 5.92. The maximum absolute atomic E-state index is 16.0. The molecule has 1 aromatic carbocycles. The molecule has 0 bridgehead atoms. The molecule has 1 unspecified atom stereocenters. The number of nitrogens with two attached hydrogens (primary N) is 1. The lowest BCUT2D eigenvalue weighted by Gasteiger charge is -2.40. The number of pyridine rings is 3. The first kappa shape index (κ1) is 31.2. The van der Waals surface area contributed by atoms with Crippen LogP contribution in [0.15, 0.2) is 53.7 Å². The maximum atomic E-state index is 16.0. The first-order chi connectivity index (χ1) is 22.8.